The highest BCUT2D eigenvalue weighted by Gasteiger charge is 2.52. The van der Waals surface area contributed by atoms with Crippen molar-refractivity contribution in [3.05, 3.63) is 29.3 Å². The van der Waals surface area contributed by atoms with Crippen LogP contribution in [0.15, 0.2) is 18.2 Å². The maximum Gasteiger partial charge on any atom is 0.238 e. The fraction of sp³-hybridized carbons (Fsp3) is 0.667. The number of rotatable bonds is 4. The predicted octanol–water partition coefficient (Wildman–Crippen LogP) is 4.14. The number of carbonyl (C=O) groups is 1. The summed E-state index contributed by atoms with van der Waals surface area (Å²) in [6.45, 7) is 4.68. The Morgan fingerprint density at radius 2 is 1.71 bits per heavy atom. The summed E-state index contributed by atoms with van der Waals surface area (Å²) in [4.78, 5) is 15.0. The van der Waals surface area contributed by atoms with Crippen molar-refractivity contribution in [2.24, 2.45) is 17.8 Å². The molecule has 4 aliphatic rings. The molecule has 3 heteroatoms. The highest BCUT2D eigenvalue weighted by Crippen LogP contribution is 2.57. The molecule has 24 heavy (non-hydrogen) atoms. The molecule has 0 heterocycles. The highest BCUT2D eigenvalue weighted by atomic mass is 16.2. The number of carbonyl (C=O) groups excluding carboxylic acids is 1. The van der Waals surface area contributed by atoms with E-state index in [1.807, 2.05) is 12.1 Å². The number of likely N-dealkylation sites (N-methyl/N-ethyl adjacent to an activating group) is 1. The van der Waals surface area contributed by atoms with Gasteiger partial charge in [-0.1, -0.05) is 12.1 Å². The van der Waals surface area contributed by atoms with Crippen LogP contribution in [-0.4, -0.2) is 29.9 Å². The van der Waals surface area contributed by atoms with Gasteiger partial charge < -0.3 is 5.32 Å². The second kappa shape index (κ2) is 5.87. The van der Waals surface area contributed by atoms with Crippen LogP contribution in [0.4, 0.5) is 5.69 Å². The van der Waals surface area contributed by atoms with Crippen LogP contribution in [0, 0.1) is 31.6 Å². The highest BCUT2D eigenvalue weighted by molar-refractivity contribution is 5.93. The van der Waals surface area contributed by atoms with Crippen LogP contribution >= 0.6 is 0 Å². The number of nitrogens with zero attached hydrogens (tertiary/aromatic N) is 1. The summed E-state index contributed by atoms with van der Waals surface area (Å²) < 4.78 is 0. The molecular formula is C21H30N2O. The van der Waals surface area contributed by atoms with Crippen LogP contribution in [-0.2, 0) is 4.79 Å². The van der Waals surface area contributed by atoms with Crippen molar-refractivity contribution in [2.75, 3.05) is 18.9 Å². The molecular weight excluding hydrogens is 296 g/mol. The van der Waals surface area contributed by atoms with Crippen molar-refractivity contribution in [1.29, 1.82) is 0 Å². The molecule has 0 spiro atoms. The number of hydrogen-bond donors (Lipinski definition) is 1. The third kappa shape index (κ3) is 2.77. The fourth-order valence-electron chi connectivity index (χ4n) is 5.99. The summed E-state index contributed by atoms with van der Waals surface area (Å²) in [7, 11) is 2.18. The molecule has 1 aromatic rings. The minimum atomic E-state index is 0.127. The van der Waals surface area contributed by atoms with E-state index in [1.54, 1.807) is 0 Å². The number of benzene rings is 1. The average molecular weight is 326 g/mol. The zero-order chi connectivity index (χ0) is 16.9. The van der Waals surface area contributed by atoms with Crippen molar-refractivity contribution in [3.63, 3.8) is 0 Å². The fourth-order valence-corrected chi connectivity index (χ4v) is 5.99. The third-order valence-electron chi connectivity index (χ3n) is 7.08. The summed E-state index contributed by atoms with van der Waals surface area (Å²) >= 11 is 0. The van der Waals surface area contributed by atoms with E-state index in [-0.39, 0.29) is 5.91 Å². The Morgan fingerprint density at radius 3 is 2.29 bits per heavy atom. The molecule has 0 saturated heterocycles. The molecule has 0 aromatic heterocycles. The van der Waals surface area contributed by atoms with Crippen molar-refractivity contribution >= 4 is 11.6 Å². The van der Waals surface area contributed by atoms with Gasteiger partial charge in [0, 0.05) is 11.2 Å². The molecule has 4 fully saturated rings. The molecule has 4 bridgehead atoms. The summed E-state index contributed by atoms with van der Waals surface area (Å²) in [5.74, 6) is 2.88. The molecule has 1 amide bonds. The van der Waals surface area contributed by atoms with Crippen LogP contribution in [0.25, 0.3) is 0 Å². The molecule has 0 atom stereocenters. The third-order valence-corrected chi connectivity index (χ3v) is 7.08. The van der Waals surface area contributed by atoms with E-state index in [1.165, 1.54) is 49.7 Å². The summed E-state index contributed by atoms with van der Waals surface area (Å²) in [6, 6.07) is 6.11. The maximum atomic E-state index is 12.6. The monoisotopic (exact) mass is 326 g/mol. The van der Waals surface area contributed by atoms with Crippen molar-refractivity contribution in [1.82, 2.24) is 4.90 Å². The van der Waals surface area contributed by atoms with Gasteiger partial charge in [0.1, 0.15) is 0 Å². The molecule has 3 nitrogen and oxygen atoms in total. The molecule has 4 saturated carbocycles. The molecule has 130 valence electrons. The Kier molecular flexibility index (Phi) is 3.95. The van der Waals surface area contributed by atoms with Crippen molar-refractivity contribution in [2.45, 2.75) is 57.9 Å². The van der Waals surface area contributed by atoms with Gasteiger partial charge in [-0.05, 0) is 94.4 Å². The first-order chi connectivity index (χ1) is 11.4. The van der Waals surface area contributed by atoms with E-state index in [0.717, 1.165) is 23.4 Å². The van der Waals surface area contributed by atoms with Gasteiger partial charge in [-0.25, -0.2) is 0 Å². The van der Waals surface area contributed by atoms with E-state index in [0.29, 0.717) is 12.1 Å². The van der Waals surface area contributed by atoms with Gasteiger partial charge in [-0.15, -0.1) is 0 Å². The first-order valence-corrected chi connectivity index (χ1v) is 9.52. The summed E-state index contributed by atoms with van der Waals surface area (Å²) in [6.07, 6.45) is 8.27. The minimum absolute atomic E-state index is 0.127. The smallest absolute Gasteiger partial charge is 0.238 e. The zero-order valence-electron chi connectivity index (χ0n) is 15.3. The van der Waals surface area contributed by atoms with E-state index < -0.39 is 0 Å². The van der Waals surface area contributed by atoms with Gasteiger partial charge >= 0.3 is 0 Å². The predicted molar refractivity (Wildman–Crippen MR) is 98.1 cm³/mol. The van der Waals surface area contributed by atoms with Gasteiger partial charge in [-0.2, -0.15) is 0 Å². The molecule has 0 aliphatic heterocycles. The Balaban J connectivity index is 1.43. The standard InChI is InChI=1S/C21H30N2O/c1-14-5-4-6-19(15(14)2)22-20(24)13-23(3)21-10-16-7-17(11-21)9-18(8-16)12-21/h4-6,16-18H,7-13H2,1-3H3,(H,22,24). The second-order valence-electron chi connectivity index (χ2n) is 8.79. The first-order valence-electron chi connectivity index (χ1n) is 9.52. The number of aryl methyl sites for hydroxylation is 1. The van der Waals surface area contributed by atoms with Crippen molar-refractivity contribution < 1.29 is 4.79 Å². The number of hydrogen-bond acceptors (Lipinski definition) is 2. The SMILES string of the molecule is Cc1cccc(NC(=O)CN(C)C23CC4CC(CC(C4)C2)C3)c1C. The van der Waals surface area contributed by atoms with Crippen LogP contribution in [0.1, 0.15) is 49.7 Å². The van der Waals surface area contributed by atoms with E-state index >= 15 is 0 Å². The Bertz CT molecular complexity index is 616. The first kappa shape index (κ1) is 16.1. The van der Waals surface area contributed by atoms with Crippen LogP contribution < -0.4 is 5.32 Å². The molecule has 5 rings (SSSR count). The van der Waals surface area contributed by atoms with Gasteiger partial charge in [0.2, 0.25) is 5.91 Å². The summed E-state index contributed by atoms with van der Waals surface area (Å²) in [5.41, 5.74) is 3.65. The number of amides is 1. The second-order valence-corrected chi connectivity index (χ2v) is 8.79. The minimum Gasteiger partial charge on any atom is -0.325 e. The van der Waals surface area contributed by atoms with Gasteiger partial charge in [0.05, 0.1) is 6.54 Å². The largest absolute Gasteiger partial charge is 0.325 e. The molecule has 1 aromatic carbocycles. The van der Waals surface area contributed by atoms with E-state index in [4.69, 9.17) is 0 Å². The lowest BCUT2D eigenvalue weighted by Crippen LogP contribution is -2.59. The number of anilines is 1. The van der Waals surface area contributed by atoms with Gasteiger partial charge in [0.15, 0.2) is 0 Å². The Hall–Kier alpha value is -1.35. The lowest BCUT2D eigenvalue weighted by molar-refractivity contribution is -0.123. The normalized spacial score (nSPS) is 33.9. The quantitative estimate of drug-likeness (QED) is 0.902. The zero-order valence-corrected chi connectivity index (χ0v) is 15.3. The van der Waals surface area contributed by atoms with Crippen LogP contribution in [0.3, 0.4) is 0 Å². The molecule has 0 unspecified atom stereocenters. The van der Waals surface area contributed by atoms with E-state index in [9.17, 15) is 4.79 Å². The van der Waals surface area contributed by atoms with Crippen molar-refractivity contribution in [3.8, 4) is 0 Å². The Labute approximate surface area is 145 Å². The molecule has 4 aliphatic carbocycles. The Morgan fingerprint density at radius 1 is 1.12 bits per heavy atom. The summed E-state index contributed by atoms with van der Waals surface area (Å²) in [5, 5.41) is 3.13. The van der Waals surface area contributed by atoms with Crippen LogP contribution in [0.5, 0.6) is 0 Å². The topological polar surface area (TPSA) is 32.3 Å². The molecule has 0 radical (unpaired) electrons. The molecule has 1 N–H and O–H groups in total. The lowest BCUT2D eigenvalue weighted by Gasteiger charge is -2.59. The maximum absolute atomic E-state index is 12.6. The average Bonchev–Trinajstić information content (AvgIpc) is 2.50. The van der Waals surface area contributed by atoms with E-state index in [2.05, 4.69) is 37.2 Å². The van der Waals surface area contributed by atoms with Crippen LogP contribution in [0.2, 0.25) is 0 Å². The number of nitrogens with one attached hydrogen (secondary N) is 1. The lowest BCUT2D eigenvalue weighted by atomic mass is 9.52. The van der Waals surface area contributed by atoms with Gasteiger partial charge in [0.25, 0.3) is 0 Å². The van der Waals surface area contributed by atoms with Gasteiger partial charge in [-0.3, -0.25) is 9.69 Å².